The van der Waals surface area contributed by atoms with Crippen molar-refractivity contribution in [3.63, 3.8) is 0 Å². The standard InChI is InChI=1S/C12H14FN5O/c1-7-5-4-6-8(13)9(7)15-11-16-10(14-2)17-12(18-11)19-3/h4-6H,1-3H3,(H2,14,15,16,17,18). The molecule has 0 aliphatic rings. The molecule has 0 atom stereocenters. The van der Waals surface area contributed by atoms with Gasteiger partial charge in [-0.2, -0.15) is 15.0 Å². The summed E-state index contributed by atoms with van der Waals surface area (Å²) in [4.78, 5) is 12.1. The fourth-order valence-electron chi connectivity index (χ4n) is 1.52. The van der Waals surface area contributed by atoms with Gasteiger partial charge in [0, 0.05) is 7.05 Å². The van der Waals surface area contributed by atoms with Gasteiger partial charge in [0.2, 0.25) is 11.9 Å². The van der Waals surface area contributed by atoms with Gasteiger partial charge in [0.15, 0.2) is 0 Å². The van der Waals surface area contributed by atoms with Crippen LogP contribution in [0.4, 0.5) is 22.0 Å². The van der Waals surface area contributed by atoms with Gasteiger partial charge in [0.05, 0.1) is 12.8 Å². The molecule has 0 saturated carbocycles. The summed E-state index contributed by atoms with van der Waals surface area (Å²) in [7, 11) is 3.12. The Kier molecular flexibility index (Phi) is 3.74. The number of ether oxygens (including phenoxy) is 1. The monoisotopic (exact) mass is 263 g/mol. The second-order valence-electron chi connectivity index (χ2n) is 3.78. The average molecular weight is 263 g/mol. The van der Waals surface area contributed by atoms with Crippen LogP contribution >= 0.6 is 0 Å². The maximum Gasteiger partial charge on any atom is 0.322 e. The lowest BCUT2D eigenvalue weighted by Crippen LogP contribution is -2.06. The number of nitrogens with zero attached hydrogens (tertiary/aromatic N) is 3. The number of halogens is 1. The molecule has 6 nitrogen and oxygen atoms in total. The molecular weight excluding hydrogens is 249 g/mol. The molecule has 0 fully saturated rings. The summed E-state index contributed by atoms with van der Waals surface area (Å²) in [5.41, 5.74) is 1.09. The van der Waals surface area contributed by atoms with E-state index in [-0.39, 0.29) is 17.8 Å². The Labute approximate surface area is 110 Å². The van der Waals surface area contributed by atoms with Crippen molar-refractivity contribution in [1.82, 2.24) is 15.0 Å². The number of aromatic nitrogens is 3. The predicted molar refractivity (Wildman–Crippen MR) is 70.3 cm³/mol. The molecule has 100 valence electrons. The highest BCUT2D eigenvalue weighted by molar-refractivity contribution is 5.59. The largest absolute Gasteiger partial charge is 0.467 e. The average Bonchev–Trinajstić information content (AvgIpc) is 2.42. The Balaban J connectivity index is 2.37. The second-order valence-corrected chi connectivity index (χ2v) is 3.78. The van der Waals surface area contributed by atoms with Crippen molar-refractivity contribution in [3.05, 3.63) is 29.6 Å². The first kappa shape index (κ1) is 13.0. The van der Waals surface area contributed by atoms with Crippen molar-refractivity contribution in [2.24, 2.45) is 0 Å². The lowest BCUT2D eigenvalue weighted by atomic mass is 10.2. The normalized spacial score (nSPS) is 10.1. The zero-order valence-corrected chi connectivity index (χ0v) is 10.9. The summed E-state index contributed by atoms with van der Waals surface area (Å²) in [6, 6.07) is 4.95. The van der Waals surface area contributed by atoms with Gasteiger partial charge in [-0.1, -0.05) is 12.1 Å². The number of hydrogen-bond acceptors (Lipinski definition) is 6. The molecule has 0 saturated heterocycles. The van der Waals surface area contributed by atoms with Crippen molar-refractivity contribution >= 4 is 17.6 Å². The predicted octanol–water partition coefficient (Wildman–Crippen LogP) is 2.11. The minimum Gasteiger partial charge on any atom is -0.467 e. The number of hydrogen-bond donors (Lipinski definition) is 2. The van der Waals surface area contributed by atoms with Crippen LogP contribution in [0.25, 0.3) is 0 Å². The lowest BCUT2D eigenvalue weighted by Gasteiger charge is -2.10. The van der Waals surface area contributed by atoms with Crippen molar-refractivity contribution < 1.29 is 9.13 Å². The zero-order valence-electron chi connectivity index (χ0n) is 10.9. The molecule has 2 N–H and O–H groups in total. The Morgan fingerprint density at radius 2 is 1.89 bits per heavy atom. The van der Waals surface area contributed by atoms with Crippen molar-refractivity contribution in [2.75, 3.05) is 24.8 Å². The summed E-state index contributed by atoms with van der Waals surface area (Å²) in [6.45, 7) is 1.79. The summed E-state index contributed by atoms with van der Waals surface area (Å²) < 4.78 is 18.7. The van der Waals surface area contributed by atoms with E-state index in [9.17, 15) is 4.39 Å². The van der Waals surface area contributed by atoms with Crippen LogP contribution in [0, 0.1) is 12.7 Å². The highest BCUT2D eigenvalue weighted by Gasteiger charge is 2.10. The molecule has 7 heteroatoms. The van der Waals surface area contributed by atoms with E-state index in [1.54, 1.807) is 26.1 Å². The van der Waals surface area contributed by atoms with Crippen molar-refractivity contribution in [3.8, 4) is 6.01 Å². The maximum absolute atomic E-state index is 13.7. The van der Waals surface area contributed by atoms with E-state index in [1.165, 1.54) is 13.2 Å². The van der Waals surface area contributed by atoms with Crippen LogP contribution in [0.2, 0.25) is 0 Å². The van der Waals surface area contributed by atoms with Crippen LogP contribution in [0.1, 0.15) is 5.56 Å². The fraction of sp³-hybridized carbons (Fsp3) is 0.250. The molecule has 0 radical (unpaired) electrons. The second kappa shape index (κ2) is 5.47. The van der Waals surface area contributed by atoms with E-state index in [0.29, 0.717) is 11.6 Å². The molecule has 0 bridgehead atoms. The third-order valence-electron chi connectivity index (χ3n) is 2.48. The van der Waals surface area contributed by atoms with Gasteiger partial charge >= 0.3 is 6.01 Å². The van der Waals surface area contributed by atoms with Crippen LogP contribution in [0.3, 0.4) is 0 Å². The van der Waals surface area contributed by atoms with E-state index in [0.717, 1.165) is 5.56 Å². The van der Waals surface area contributed by atoms with E-state index in [4.69, 9.17) is 4.74 Å². The molecule has 0 spiro atoms. The number of rotatable bonds is 4. The Hall–Kier alpha value is -2.44. The van der Waals surface area contributed by atoms with Crippen molar-refractivity contribution in [1.29, 1.82) is 0 Å². The molecule has 2 rings (SSSR count). The first-order valence-electron chi connectivity index (χ1n) is 5.64. The third-order valence-corrected chi connectivity index (χ3v) is 2.48. The molecule has 1 aromatic carbocycles. The smallest absolute Gasteiger partial charge is 0.322 e. The Morgan fingerprint density at radius 1 is 1.16 bits per heavy atom. The molecular formula is C12H14FN5O. The summed E-state index contributed by atoms with van der Waals surface area (Å²) >= 11 is 0. The highest BCUT2D eigenvalue weighted by atomic mass is 19.1. The topological polar surface area (TPSA) is 72.0 Å². The number of para-hydroxylation sites is 1. The van der Waals surface area contributed by atoms with Crippen LogP contribution in [-0.4, -0.2) is 29.1 Å². The Morgan fingerprint density at radius 3 is 2.53 bits per heavy atom. The molecule has 0 unspecified atom stereocenters. The number of nitrogens with one attached hydrogen (secondary N) is 2. The first-order valence-corrected chi connectivity index (χ1v) is 5.64. The van der Waals surface area contributed by atoms with Crippen molar-refractivity contribution in [2.45, 2.75) is 6.92 Å². The fourth-order valence-corrected chi connectivity index (χ4v) is 1.52. The van der Waals surface area contributed by atoms with Gasteiger partial charge < -0.3 is 15.4 Å². The molecule has 1 aromatic heterocycles. The first-order chi connectivity index (χ1) is 9.13. The minimum atomic E-state index is -0.370. The van der Waals surface area contributed by atoms with Crippen LogP contribution in [-0.2, 0) is 0 Å². The number of anilines is 3. The van der Waals surface area contributed by atoms with Gasteiger partial charge in [-0.15, -0.1) is 0 Å². The molecule has 1 heterocycles. The van der Waals surface area contributed by atoms with Crippen LogP contribution < -0.4 is 15.4 Å². The van der Waals surface area contributed by atoms with Gasteiger partial charge in [-0.05, 0) is 18.6 Å². The number of methoxy groups -OCH3 is 1. The SMILES string of the molecule is CNc1nc(Nc2c(C)cccc2F)nc(OC)n1. The number of benzene rings is 1. The minimum absolute atomic E-state index is 0.149. The third kappa shape index (κ3) is 2.87. The van der Waals surface area contributed by atoms with E-state index in [1.807, 2.05) is 0 Å². The molecule has 2 aromatic rings. The summed E-state index contributed by atoms with van der Waals surface area (Å²) in [6.07, 6.45) is 0. The van der Waals surface area contributed by atoms with Crippen LogP contribution in [0.15, 0.2) is 18.2 Å². The van der Waals surface area contributed by atoms with Gasteiger partial charge in [-0.3, -0.25) is 0 Å². The van der Waals surface area contributed by atoms with Gasteiger partial charge in [0.1, 0.15) is 5.82 Å². The summed E-state index contributed by atoms with van der Waals surface area (Å²) in [5.74, 6) is 0.179. The van der Waals surface area contributed by atoms with E-state index < -0.39 is 0 Å². The lowest BCUT2D eigenvalue weighted by molar-refractivity contribution is 0.379. The molecule has 0 aliphatic heterocycles. The van der Waals surface area contributed by atoms with Gasteiger partial charge in [0.25, 0.3) is 0 Å². The number of aryl methyl sites for hydroxylation is 1. The summed E-state index contributed by atoms with van der Waals surface area (Å²) in [5, 5.41) is 5.61. The van der Waals surface area contributed by atoms with E-state index >= 15 is 0 Å². The zero-order chi connectivity index (χ0) is 13.8. The molecule has 19 heavy (non-hydrogen) atoms. The van der Waals surface area contributed by atoms with Gasteiger partial charge in [-0.25, -0.2) is 4.39 Å². The van der Waals surface area contributed by atoms with Crippen LogP contribution in [0.5, 0.6) is 6.01 Å². The molecule has 0 amide bonds. The van der Waals surface area contributed by atoms with E-state index in [2.05, 4.69) is 25.6 Å². The highest BCUT2D eigenvalue weighted by Crippen LogP contribution is 2.22. The Bertz CT molecular complexity index is 548. The maximum atomic E-state index is 13.7. The quantitative estimate of drug-likeness (QED) is 0.880. The molecule has 0 aliphatic carbocycles.